The van der Waals surface area contributed by atoms with Crippen LogP contribution in [-0.4, -0.2) is 23.5 Å². The van der Waals surface area contributed by atoms with Gasteiger partial charge >= 0.3 is 5.97 Å². The minimum Gasteiger partial charge on any atom is -0.507 e. The van der Waals surface area contributed by atoms with Crippen molar-refractivity contribution in [2.24, 2.45) is 0 Å². The Morgan fingerprint density at radius 1 is 1.12 bits per heavy atom. The number of aryl methyl sites for hydroxylation is 1. The van der Waals surface area contributed by atoms with Gasteiger partial charge in [-0.05, 0) is 36.6 Å². The molecule has 0 aliphatic rings. The molecule has 24 heavy (non-hydrogen) atoms. The highest BCUT2D eigenvalue weighted by molar-refractivity contribution is 6.31. The Morgan fingerprint density at radius 2 is 1.83 bits per heavy atom. The molecule has 0 heterocycles. The Bertz CT molecular complexity index is 723. The van der Waals surface area contributed by atoms with Crippen LogP contribution in [0.4, 0.5) is 0 Å². The standard InChI is InChI=1S/C19H19ClO4/c1-2-3-4-13-5-7-14(8-6-13)18(22)12-24-19(23)16-11-15(20)9-10-17(16)21/h5-11,21H,2-4,12H2,1H3. The predicted molar refractivity (Wildman–Crippen MR) is 92.8 cm³/mol. The SMILES string of the molecule is CCCCc1ccc(C(=O)COC(=O)c2cc(Cl)ccc2O)cc1. The quantitative estimate of drug-likeness (QED) is 0.595. The summed E-state index contributed by atoms with van der Waals surface area (Å²) in [4.78, 5) is 24.0. The monoisotopic (exact) mass is 346 g/mol. The lowest BCUT2D eigenvalue weighted by Crippen LogP contribution is -2.14. The molecule has 1 N–H and O–H groups in total. The summed E-state index contributed by atoms with van der Waals surface area (Å²) in [5.41, 5.74) is 1.60. The number of Topliss-reactive ketones (excluding diaryl/α,β-unsaturated/α-hetero) is 1. The van der Waals surface area contributed by atoms with E-state index in [4.69, 9.17) is 16.3 Å². The van der Waals surface area contributed by atoms with Crippen LogP contribution in [0.3, 0.4) is 0 Å². The van der Waals surface area contributed by atoms with Crippen LogP contribution in [0.25, 0.3) is 0 Å². The maximum absolute atomic E-state index is 12.1. The Morgan fingerprint density at radius 3 is 2.50 bits per heavy atom. The predicted octanol–water partition coefficient (Wildman–Crippen LogP) is 4.43. The molecule has 0 atom stereocenters. The molecule has 0 fully saturated rings. The van der Waals surface area contributed by atoms with Crippen LogP contribution >= 0.6 is 11.6 Å². The second-order valence-corrected chi connectivity index (χ2v) is 5.90. The zero-order valence-electron chi connectivity index (χ0n) is 13.4. The molecule has 0 amide bonds. The number of unbranched alkanes of at least 4 members (excludes halogenated alkanes) is 1. The molecule has 0 aliphatic heterocycles. The number of benzene rings is 2. The van der Waals surface area contributed by atoms with Gasteiger partial charge in [0, 0.05) is 10.6 Å². The third-order valence-corrected chi connectivity index (χ3v) is 3.84. The van der Waals surface area contributed by atoms with Crippen molar-refractivity contribution in [2.75, 3.05) is 6.61 Å². The number of hydrogen-bond donors (Lipinski definition) is 1. The molecule has 2 rings (SSSR count). The summed E-state index contributed by atoms with van der Waals surface area (Å²) in [6.07, 6.45) is 3.20. The Hall–Kier alpha value is -2.33. The second-order valence-electron chi connectivity index (χ2n) is 5.46. The van der Waals surface area contributed by atoms with Crippen LogP contribution in [0.15, 0.2) is 42.5 Å². The van der Waals surface area contributed by atoms with Gasteiger partial charge in [-0.25, -0.2) is 4.79 Å². The van der Waals surface area contributed by atoms with E-state index in [1.807, 2.05) is 12.1 Å². The van der Waals surface area contributed by atoms with Gasteiger partial charge in [0.25, 0.3) is 0 Å². The van der Waals surface area contributed by atoms with E-state index in [0.29, 0.717) is 10.6 Å². The lowest BCUT2D eigenvalue weighted by atomic mass is 10.0. The lowest BCUT2D eigenvalue weighted by Gasteiger charge is -2.07. The molecule has 2 aromatic rings. The maximum atomic E-state index is 12.1. The van der Waals surface area contributed by atoms with Crippen molar-refractivity contribution in [1.82, 2.24) is 0 Å². The van der Waals surface area contributed by atoms with E-state index in [1.165, 1.54) is 23.8 Å². The summed E-state index contributed by atoms with van der Waals surface area (Å²) in [7, 11) is 0. The number of carbonyl (C=O) groups is 2. The number of ketones is 1. The highest BCUT2D eigenvalue weighted by atomic mass is 35.5. The van der Waals surface area contributed by atoms with Crippen molar-refractivity contribution < 1.29 is 19.4 Å². The number of hydrogen-bond acceptors (Lipinski definition) is 4. The summed E-state index contributed by atoms with van der Waals surface area (Å²) >= 11 is 5.78. The summed E-state index contributed by atoms with van der Waals surface area (Å²) < 4.78 is 4.97. The fourth-order valence-electron chi connectivity index (χ4n) is 2.20. The van der Waals surface area contributed by atoms with Crippen molar-refractivity contribution in [3.8, 4) is 5.75 Å². The van der Waals surface area contributed by atoms with Crippen molar-refractivity contribution in [3.63, 3.8) is 0 Å². The number of aromatic hydroxyl groups is 1. The van der Waals surface area contributed by atoms with E-state index in [1.54, 1.807) is 12.1 Å². The molecule has 0 aliphatic carbocycles. The number of halogens is 1. The zero-order valence-corrected chi connectivity index (χ0v) is 14.2. The van der Waals surface area contributed by atoms with Crippen LogP contribution in [-0.2, 0) is 11.2 Å². The first-order valence-corrected chi connectivity index (χ1v) is 8.17. The Kier molecular flexibility index (Phi) is 6.38. The van der Waals surface area contributed by atoms with Gasteiger partial charge in [0.15, 0.2) is 12.4 Å². The fourth-order valence-corrected chi connectivity index (χ4v) is 2.37. The third kappa shape index (κ3) is 4.83. The van der Waals surface area contributed by atoms with Crippen molar-refractivity contribution >= 4 is 23.4 Å². The number of rotatable bonds is 7. The van der Waals surface area contributed by atoms with Gasteiger partial charge in [-0.2, -0.15) is 0 Å². The fraction of sp³-hybridized carbons (Fsp3) is 0.263. The average Bonchev–Trinajstić information content (AvgIpc) is 2.60. The normalized spacial score (nSPS) is 10.4. The highest BCUT2D eigenvalue weighted by Gasteiger charge is 2.15. The van der Waals surface area contributed by atoms with Gasteiger partial charge < -0.3 is 9.84 Å². The Labute approximate surface area is 146 Å². The number of phenols is 1. The van der Waals surface area contributed by atoms with E-state index in [9.17, 15) is 14.7 Å². The molecule has 0 saturated heterocycles. The van der Waals surface area contributed by atoms with E-state index in [2.05, 4.69) is 6.92 Å². The zero-order chi connectivity index (χ0) is 17.5. The average molecular weight is 347 g/mol. The molecule has 0 unspecified atom stereocenters. The van der Waals surface area contributed by atoms with Gasteiger partial charge in [0.05, 0.1) is 0 Å². The first-order chi connectivity index (χ1) is 11.5. The van der Waals surface area contributed by atoms with Gasteiger partial charge in [0.1, 0.15) is 11.3 Å². The molecule has 0 spiro atoms. The van der Waals surface area contributed by atoms with E-state index in [0.717, 1.165) is 19.3 Å². The van der Waals surface area contributed by atoms with Gasteiger partial charge in [-0.1, -0.05) is 49.2 Å². The van der Waals surface area contributed by atoms with E-state index < -0.39 is 5.97 Å². The summed E-state index contributed by atoms with van der Waals surface area (Å²) in [5, 5.41) is 9.94. The largest absolute Gasteiger partial charge is 0.507 e. The lowest BCUT2D eigenvalue weighted by molar-refractivity contribution is 0.0472. The van der Waals surface area contributed by atoms with Crippen molar-refractivity contribution in [3.05, 3.63) is 64.2 Å². The molecule has 0 saturated carbocycles. The molecule has 5 heteroatoms. The van der Waals surface area contributed by atoms with Crippen LogP contribution in [0.2, 0.25) is 5.02 Å². The Balaban J connectivity index is 1.95. The third-order valence-electron chi connectivity index (χ3n) is 3.61. The molecule has 2 aromatic carbocycles. The van der Waals surface area contributed by atoms with Crippen LogP contribution in [0.1, 0.15) is 46.0 Å². The maximum Gasteiger partial charge on any atom is 0.342 e. The molecule has 0 aromatic heterocycles. The van der Waals surface area contributed by atoms with E-state index >= 15 is 0 Å². The van der Waals surface area contributed by atoms with Gasteiger partial charge in [-0.3, -0.25) is 4.79 Å². The molecular formula is C19H19ClO4. The van der Waals surface area contributed by atoms with Crippen LogP contribution in [0.5, 0.6) is 5.75 Å². The first-order valence-electron chi connectivity index (χ1n) is 7.79. The number of ether oxygens (including phenoxy) is 1. The molecule has 0 radical (unpaired) electrons. The van der Waals surface area contributed by atoms with Gasteiger partial charge in [0.2, 0.25) is 0 Å². The number of carbonyl (C=O) groups excluding carboxylic acids is 2. The first kappa shape index (κ1) is 18.0. The molecule has 126 valence electrons. The minimum atomic E-state index is -0.789. The molecule has 4 nitrogen and oxygen atoms in total. The summed E-state index contributed by atoms with van der Waals surface area (Å²) in [6, 6.07) is 11.3. The number of esters is 1. The topological polar surface area (TPSA) is 63.6 Å². The second kappa shape index (κ2) is 8.50. The van der Waals surface area contributed by atoms with Crippen molar-refractivity contribution in [2.45, 2.75) is 26.2 Å². The van der Waals surface area contributed by atoms with Crippen LogP contribution in [0, 0.1) is 0 Å². The van der Waals surface area contributed by atoms with Crippen molar-refractivity contribution in [1.29, 1.82) is 0 Å². The molecular weight excluding hydrogens is 328 g/mol. The van der Waals surface area contributed by atoms with Gasteiger partial charge in [-0.15, -0.1) is 0 Å². The van der Waals surface area contributed by atoms with E-state index in [-0.39, 0.29) is 23.7 Å². The highest BCUT2D eigenvalue weighted by Crippen LogP contribution is 2.22. The smallest absolute Gasteiger partial charge is 0.342 e. The summed E-state index contributed by atoms with van der Waals surface area (Å²) in [5.74, 6) is -1.33. The molecule has 0 bridgehead atoms. The minimum absolute atomic E-state index is 0.0646. The summed E-state index contributed by atoms with van der Waals surface area (Å²) in [6.45, 7) is 1.74. The number of phenolic OH excluding ortho intramolecular Hbond substituents is 1. The van der Waals surface area contributed by atoms with Crippen LogP contribution < -0.4 is 0 Å².